The number of esters is 1. The second-order valence-corrected chi connectivity index (χ2v) is 3.60. The van der Waals surface area contributed by atoms with E-state index in [0.717, 1.165) is 0 Å². The molecule has 1 aliphatic rings. The van der Waals surface area contributed by atoms with Crippen LogP contribution in [0.2, 0.25) is 0 Å². The molecule has 0 N–H and O–H groups in total. The molecule has 1 saturated heterocycles. The smallest absolute Gasteiger partial charge is 0.302 e. The van der Waals surface area contributed by atoms with Crippen molar-refractivity contribution in [2.75, 3.05) is 14.2 Å². The third kappa shape index (κ3) is 3.15. The van der Waals surface area contributed by atoms with Crippen LogP contribution in [0.4, 0.5) is 0 Å². The molecule has 4 atom stereocenters. The van der Waals surface area contributed by atoms with Crippen molar-refractivity contribution < 1.29 is 23.7 Å². The number of ether oxygens (including phenoxy) is 4. The summed E-state index contributed by atoms with van der Waals surface area (Å²) in [4.78, 5) is 10.9. The molecule has 1 aliphatic heterocycles. The van der Waals surface area contributed by atoms with E-state index in [1.165, 1.54) is 6.92 Å². The van der Waals surface area contributed by atoms with Crippen LogP contribution < -0.4 is 0 Å². The van der Waals surface area contributed by atoms with Crippen LogP contribution in [0.5, 0.6) is 0 Å². The zero-order valence-electron chi connectivity index (χ0n) is 9.56. The Morgan fingerprint density at radius 3 is 2.40 bits per heavy atom. The van der Waals surface area contributed by atoms with Crippen LogP contribution in [-0.4, -0.2) is 44.8 Å². The first-order valence-corrected chi connectivity index (χ1v) is 4.96. The van der Waals surface area contributed by atoms with E-state index >= 15 is 0 Å². The van der Waals surface area contributed by atoms with E-state index in [4.69, 9.17) is 18.9 Å². The lowest BCUT2D eigenvalue weighted by Gasteiger charge is -2.37. The van der Waals surface area contributed by atoms with Crippen LogP contribution >= 0.6 is 0 Å². The topological polar surface area (TPSA) is 54.0 Å². The molecule has 88 valence electrons. The van der Waals surface area contributed by atoms with Gasteiger partial charge in [0.15, 0.2) is 6.29 Å². The maximum absolute atomic E-state index is 10.9. The van der Waals surface area contributed by atoms with Gasteiger partial charge in [0.2, 0.25) is 0 Å². The van der Waals surface area contributed by atoms with E-state index in [1.54, 1.807) is 14.2 Å². The first-order chi connectivity index (χ1) is 7.08. The Hall–Kier alpha value is -0.650. The molecule has 0 saturated carbocycles. The maximum Gasteiger partial charge on any atom is 0.302 e. The standard InChI is InChI=1S/C10H18O5/c1-6-8(15-7(2)11)5-9(12-3)10(13-4)14-6/h6,8-10H,5H2,1-4H3/t6-,8-,9-,10?/m1/s1. The highest BCUT2D eigenvalue weighted by Crippen LogP contribution is 2.24. The normalized spacial score (nSPS) is 36.3. The Balaban J connectivity index is 2.58. The molecular weight excluding hydrogens is 200 g/mol. The fourth-order valence-electron chi connectivity index (χ4n) is 1.69. The monoisotopic (exact) mass is 218 g/mol. The summed E-state index contributed by atoms with van der Waals surface area (Å²) in [5, 5.41) is 0. The molecule has 0 radical (unpaired) electrons. The van der Waals surface area contributed by atoms with Gasteiger partial charge < -0.3 is 18.9 Å². The zero-order chi connectivity index (χ0) is 11.4. The average Bonchev–Trinajstić information content (AvgIpc) is 2.19. The lowest BCUT2D eigenvalue weighted by Crippen LogP contribution is -2.49. The maximum atomic E-state index is 10.9. The van der Waals surface area contributed by atoms with Crippen LogP contribution in [-0.2, 0) is 23.7 Å². The fourth-order valence-corrected chi connectivity index (χ4v) is 1.69. The summed E-state index contributed by atoms with van der Waals surface area (Å²) in [6.45, 7) is 3.24. The van der Waals surface area contributed by atoms with E-state index in [0.29, 0.717) is 6.42 Å². The van der Waals surface area contributed by atoms with Gasteiger partial charge in [-0.05, 0) is 6.92 Å². The SMILES string of the molecule is COC1O[C@H](C)[C@H](OC(C)=O)C[C@H]1OC. The molecule has 0 aromatic rings. The number of carbonyl (C=O) groups is 1. The van der Waals surface area contributed by atoms with Crippen LogP contribution in [0.1, 0.15) is 20.3 Å². The number of hydrogen-bond donors (Lipinski definition) is 0. The van der Waals surface area contributed by atoms with Crippen molar-refractivity contribution in [3.63, 3.8) is 0 Å². The minimum atomic E-state index is -0.392. The Labute approximate surface area is 89.6 Å². The number of methoxy groups -OCH3 is 2. The lowest BCUT2D eigenvalue weighted by molar-refractivity contribution is -0.260. The molecule has 0 aromatic carbocycles. The predicted octanol–water partition coefficient (Wildman–Crippen LogP) is 0.714. The van der Waals surface area contributed by atoms with Gasteiger partial charge in [-0.1, -0.05) is 0 Å². The minimum Gasteiger partial charge on any atom is -0.460 e. The largest absolute Gasteiger partial charge is 0.460 e. The van der Waals surface area contributed by atoms with Gasteiger partial charge in [0.1, 0.15) is 12.2 Å². The third-order valence-electron chi connectivity index (χ3n) is 2.49. The van der Waals surface area contributed by atoms with Crippen molar-refractivity contribution in [3.8, 4) is 0 Å². The van der Waals surface area contributed by atoms with E-state index in [-0.39, 0.29) is 24.3 Å². The van der Waals surface area contributed by atoms with Gasteiger partial charge in [0, 0.05) is 27.6 Å². The molecule has 1 fully saturated rings. The summed E-state index contributed by atoms with van der Waals surface area (Å²) in [5.41, 5.74) is 0. The molecule has 0 aromatic heterocycles. The quantitative estimate of drug-likeness (QED) is 0.653. The van der Waals surface area contributed by atoms with Gasteiger partial charge in [-0.15, -0.1) is 0 Å². The summed E-state index contributed by atoms with van der Waals surface area (Å²) in [7, 11) is 3.15. The molecule has 0 aliphatic carbocycles. The summed E-state index contributed by atoms with van der Waals surface area (Å²) in [5.74, 6) is -0.304. The summed E-state index contributed by atoms with van der Waals surface area (Å²) < 4.78 is 21.0. The van der Waals surface area contributed by atoms with Gasteiger partial charge >= 0.3 is 5.97 Å². The van der Waals surface area contributed by atoms with Crippen LogP contribution in [0.15, 0.2) is 0 Å². The second kappa shape index (κ2) is 5.44. The first-order valence-electron chi connectivity index (χ1n) is 4.96. The fraction of sp³-hybridized carbons (Fsp3) is 0.900. The van der Waals surface area contributed by atoms with Crippen LogP contribution in [0.25, 0.3) is 0 Å². The van der Waals surface area contributed by atoms with Crippen molar-refractivity contribution in [2.45, 2.75) is 44.9 Å². The molecule has 15 heavy (non-hydrogen) atoms. The van der Waals surface area contributed by atoms with Crippen molar-refractivity contribution >= 4 is 5.97 Å². The molecule has 1 rings (SSSR count). The molecule has 1 unspecified atom stereocenters. The van der Waals surface area contributed by atoms with E-state index in [9.17, 15) is 4.79 Å². The zero-order valence-corrected chi connectivity index (χ0v) is 9.56. The number of carbonyl (C=O) groups excluding carboxylic acids is 1. The highest BCUT2D eigenvalue weighted by atomic mass is 16.7. The summed E-state index contributed by atoms with van der Waals surface area (Å²) in [6, 6.07) is 0. The average molecular weight is 218 g/mol. The first kappa shape index (κ1) is 12.4. The summed E-state index contributed by atoms with van der Waals surface area (Å²) >= 11 is 0. The van der Waals surface area contributed by atoms with Gasteiger partial charge in [-0.25, -0.2) is 0 Å². The van der Waals surface area contributed by atoms with Crippen molar-refractivity contribution in [1.29, 1.82) is 0 Å². The number of hydrogen-bond acceptors (Lipinski definition) is 5. The molecule has 1 heterocycles. The third-order valence-corrected chi connectivity index (χ3v) is 2.49. The summed E-state index contributed by atoms with van der Waals surface area (Å²) in [6.07, 6.45) is -0.438. The van der Waals surface area contributed by atoms with Gasteiger partial charge in [0.25, 0.3) is 0 Å². The van der Waals surface area contributed by atoms with Crippen LogP contribution in [0.3, 0.4) is 0 Å². The van der Waals surface area contributed by atoms with E-state index in [2.05, 4.69) is 0 Å². The Morgan fingerprint density at radius 2 is 1.93 bits per heavy atom. The van der Waals surface area contributed by atoms with Gasteiger partial charge in [-0.2, -0.15) is 0 Å². The highest BCUT2D eigenvalue weighted by molar-refractivity contribution is 5.66. The predicted molar refractivity (Wildman–Crippen MR) is 52.3 cm³/mol. The van der Waals surface area contributed by atoms with Crippen LogP contribution in [0, 0.1) is 0 Å². The van der Waals surface area contributed by atoms with Gasteiger partial charge in [-0.3, -0.25) is 4.79 Å². The number of rotatable bonds is 3. The molecule has 0 spiro atoms. The minimum absolute atomic E-state index is 0.176. The molecule has 5 nitrogen and oxygen atoms in total. The van der Waals surface area contributed by atoms with E-state index in [1.807, 2.05) is 6.92 Å². The Bertz CT molecular complexity index is 218. The Kier molecular flexibility index (Phi) is 4.50. The molecule has 0 bridgehead atoms. The highest BCUT2D eigenvalue weighted by Gasteiger charge is 2.37. The molecular formula is C10H18O5. The van der Waals surface area contributed by atoms with Crippen molar-refractivity contribution in [2.24, 2.45) is 0 Å². The van der Waals surface area contributed by atoms with Crippen molar-refractivity contribution in [1.82, 2.24) is 0 Å². The Morgan fingerprint density at radius 1 is 1.27 bits per heavy atom. The molecule has 0 amide bonds. The van der Waals surface area contributed by atoms with Crippen molar-refractivity contribution in [3.05, 3.63) is 0 Å². The van der Waals surface area contributed by atoms with Gasteiger partial charge in [0.05, 0.1) is 6.10 Å². The van der Waals surface area contributed by atoms with E-state index < -0.39 is 6.29 Å². The molecule has 5 heteroatoms. The second-order valence-electron chi connectivity index (χ2n) is 3.60. The lowest BCUT2D eigenvalue weighted by atomic mass is 10.0.